The van der Waals surface area contributed by atoms with Crippen LogP contribution >= 0.6 is 0 Å². The van der Waals surface area contributed by atoms with Crippen molar-refractivity contribution in [2.75, 3.05) is 20.8 Å². The maximum atomic E-state index is 14.1. The van der Waals surface area contributed by atoms with Crippen LogP contribution in [-0.2, 0) is 4.79 Å². The van der Waals surface area contributed by atoms with Crippen molar-refractivity contribution in [3.05, 3.63) is 48.0 Å². The predicted octanol–water partition coefficient (Wildman–Crippen LogP) is 4.62. The molecular weight excluding hydrogens is 435 g/mol. The van der Waals surface area contributed by atoms with Crippen molar-refractivity contribution in [3.8, 4) is 28.7 Å². The molecule has 2 rings (SSSR count). The fourth-order valence-electron chi connectivity index (χ4n) is 3.45. The van der Waals surface area contributed by atoms with Crippen molar-refractivity contribution in [1.82, 2.24) is 10.6 Å². The number of nitrogens with zero attached hydrogens (tertiary/aromatic N) is 1. The van der Waals surface area contributed by atoms with Crippen LogP contribution < -0.4 is 20.1 Å². The first kappa shape index (κ1) is 26.0. The minimum Gasteiger partial charge on any atom is -0.497 e. The second kappa shape index (κ2) is 11.6. The minimum atomic E-state index is -4.69. The number of amides is 1. The summed E-state index contributed by atoms with van der Waals surface area (Å²) in [4.78, 5) is 12.4. The zero-order valence-corrected chi connectivity index (χ0v) is 19.0. The summed E-state index contributed by atoms with van der Waals surface area (Å²) in [6.07, 6.45) is -4.53. The Morgan fingerprint density at radius 1 is 1.06 bits per heavy atom. The van der Waals surface area contributed by atoms with E-state index < -0.39 is 24.2 Å². The molecule has 1 amide bonds. The molecule has 0 fully saturated rings. The molecular formula is C24H28F3N3O3. The van der Waals surface area contributed by atoms with Crippen LogP contribution in [0, 0.1) is 17.2 Å². The molecule has 0 aliphatic carbocycles. The zero-order valence-electron chi connectivity index (χ0n) is 19.0. The molecule has 0 bridgehead atoms. The first-order valence-electron chi connectivity index (χ1n) is 10.4. The van der Waals surface area contributed by atoms with E-state index in [1.54, 1.807) is 57.4 Å². The Morgan fingerprint density at radius 2 is 1.70 bits per heavy atom. The van der Waals surface area contributed by atoms with Crippen LogP contribution in [0.3, 0.4) is 0 Å². The van der Waals surface area contributed by atoms with E-state index in [1.807, 2.05) is 0 Å². The number of alkyl halides is 3. The van der Waals surface area contributed by atoms with Gasteiger partial charge >= 0.3 is 6.18 Å². The van der Waals surface area contributed by atoms with E-state index in [-0.39, 0.29) is 30.2 Å². The van der Waals surface area contributed by atoms with Crippen molar-refractivity contribution < 1.29 is 27.4 Å². The molecule has 0 aromatic heterocycles. The Kier molecular flexibility index (Phi) is 9.12. The molecule has 2 N–H and O–H groups in total. The lowest BCUT2D eigenvalue weighted by Crippen LogP contribution is -2.49. The van der Waals surface area contributed by atoms with Gasteiger partial charge in [0.25, 0.3) is 0 Å². The summed E-state index contributed by atoms with van der Waals surface area (Å²) in [5.74, 6) is -0.00899. The summed E-state index contributed by atoms with van der Waals surface area (Å²) < 4.78 is 52.8. The second-order valence-electron chi connectivity index (χ2n) is 7.88. The zero-order chi connectivity index (χ0) is 24.6. The standard InChI is InChI=1S/C24H28F3N3O3/c1-15(2)13-20(23(31)29-12-11-28)30-22(24(25,26)27)19-10-7-17(14-21(19)33-4)16-5-8-18(32-3)9-6-16/h5-10,14-15,20,22,30H,12-13H2,1-4H3,(H,29,31)/t20-,22-/m0/s1. The second-order valence-corrected chi connectivity index (χ2v) is 7.88. The van der Waals surface area contributed by atoms with Crippen LogP contribution in [0.2, 0.25) is 0 Å². The van der Waals surface area contributed by atoms with Crippen molar-refractivity contribution in [2.45, 2.75) is 38.5 Å². The number of nitrogens with one attached hydrogen (secondary N) is 2. The number of carbonyl (C=O) groups excluding carboxylic acids is 1. The molecule has 9 heteroatoms. The molecule has 2 atom stereocenters. The van der Waals surface area contributed by atoms with Crippen LogP contribution in [0.15, 0.2) is 42.5 Å². The lowest BCUT2D eigenvalue weighted by molar-refractivity contribution is -0.161. The van der Waals surface area contributed by atoms with Crippen LogP contribution in [0.4, 0.5) is 13.2 Å². The Hall–Kier alpha value is -3.25. The van der Waals surface area contributed by atoms with Gasteiger partial charge in [-0.25, -0.2) is 0 Å². The average molecular weight is 464 g/mol. The maximum Gasteiger partial charge on any atom is 0.408 e. The van der Waals surface area contributed by atoms with Crippen molar-refractivity contribution in [1.29, 1.82) is 5.26 Å². The summed E-state index contributed by atoms with van der Waals surface area (Å²) in [6.45, 7) is 3.32. The normalized spacial score (nSPS) is 13.2. The number of rotatable bonds is 10. The highest BCUT2D eigenvalue weighted by Gasteiger charge is 2.44. The Morgan fingerprint density at radius 3 is 2.21 bits per heavy atom. The Bertz CT molecular complexity index is 970. The van der Waals surface area contributed by atoms with Gasteiger partial charge in [-0.15, -0.1) is 0 Å². The van der Waals surface area contributed by atoms with Gasteiger partial charge in [-0.1, -0.05) is 38.1 Å². The highest BCUT2D eigenvalue weighted by molar-refractivity contribution is 5.82. The number of halogens is 3. The number of methoxy groups -OCH3 is 2. The lowest BCUT2D eigenvalue weighted by Gasteiger charge is -2.29. The number of hydrogen-bond acceptors (Lipinski definition) is 5. The van der Waals surface area contributed by atoms with Crippen LogP contribution in [0.25, 0.3) is 11.1 Å². The molecule has 2 aromatic carbocycles. The van der Waals surface area contributed by atoms with E-state index in [0.717, 1.165) is 5.56 Å². The average Bonchev–Trinajstić information content (AvgIpc) is 2.78. The van der Waals surface area contributed by atoms with Gasteiger partial charge in [0.1, 0.15) is 24.1 Å². The van der Waals surface area contributed by atoms with E-state index in [1.165, 1.54) is 19.2 Å². The summed E-state index contributed by atoms with van der Waals surface area (Å²) in [5.41, 5.74) is 1.32. The first-order valence-corrected chi connectivity index (χ1v) is 10.4. The van der Waals surface area contributed by atoms with E-state index in [2.05, 4.69) is 10.6 Å². The molecule has 178 valence electrons. The molecule has 2 aromatic rings. The van der Waals surface area contributed by atoms with E-state index in [9.17, 15) is 18.0 Å². The van der Waals surface area contributed by atoms with E-state index >= 15 is 0 Å². The quantitative estimate of drug-likeness (QED) is 0.503. The summed E-state index contributed by atoms with van der Waals surface area (Å²) in [6, 6.07) is 10.0. The van der Waals surface area contributed by atoms with Gasteiger partial charge in [0.05, 0.1) is 26.3 Å². The first-order chi connectivity index (χ1) is 15.6. The lowest BCUT2D eigenvalue weighted by atomic mass is 9.96. The number of carbonyl (C=O) groups is 1. The molecule has 0 heterocycles. The number of benzene rings is 2. The van der Waals surface area contributed by atoms with Gasteiger partial charge in [0.15, 0.2) is 0 Å². The molecule has 0 radical (unpaired) electrons. The molecule has 0 unspecified atom stereocenters. The van der Waals surface area contributed by atoms with Gasteiger partial charge < -0.3 is 14.8 Å². The molecule has 0 saturated carbocycles. The summed E-state index contributed by atoms with van der Waals surface area (Å²) in [7, 11) is 2.85. The van der Waals surface area contributed by atoms with Crippen LogP contribution in [0.1, 0.15) is 31.9 Å². The Labute approximate surface area is 191 Å². The van der Waals surface area contributed by atoms with Crippen molar-refractivity contribution >= 4 is 5.91 Å². The maximum absolute atomic E-state index is 14.1. The van der Waals surface area contributed by atoms with Gasteiger partial charge in [0, 0.05) is 5.56 Å². The van der Waals surface area contributed by atoms with Crippen LogP contribution in [-0.4, -0.2) is 38.9 Å². The Balaban J connectivity index is 2.43. The van der Waals surface area contributed by atoms with Crippen LogP contribution in [0.5, 0.6) is 11.5 Å². The topological polar surface area (TPSA) is 83.4 Å². The van der Waals surface area contributed by atoms with Crippen molar-refractivity contribution in [2.24, 2.45) is 5.92 Å². The third kappa shape index (κ3) is 7.12. The third-order valence-electron chi connectivity index (χ3n) is 5.03. The number of ether oxygens (including phenoxy) is 2. The highest BCUT2D eigenvalue weighted by Crippen LogP contribution is 2.40. The highest BCUT2D eigenvalue weighted by atomic mass is 19.4. The molecule has 0 aliphatic rings. The van der Waals surface area contributed by atoms with E-state index in [0.29, 0.717) is 11.3 Å². The van der Waals surface area contributed by atoms with Crippen molar-refractivity contribution in [3.63, 3.8) is 0 Å². The fraction of sp³-hybridized carbons (Fsp3) is 0.417. The molecule has 0 aliphatic heterocycles. The van der Waals surface area contributed by atoms with Gasteiger partial charge in [0.2, 0.25) is 5.91 Å². The van der Waals surface area contributed by atoms with E-state index in [4.69, 9.17) is 14.7 Å². The van der Waals surface area contributed by atoms with Gasteiger partial charge in [-0.2, -0.15) is 18.4 Å². The monoisotopic (exact) mass is 463 g/mol. The van der Waals surface area contributed by atoms with Gasteiger partial charge in [-0.05, 0) is 41.7 Å². The summed E-state index contributed by atoms with van der Waals surface area (Å²) in [5, 5.41) is 13.5. The molecule has 6 nitrogen and oxygen atoms in total. The smallest absolute Gasteiger partial charge is 0.408 e. The summed E-state index contributed by atoms with van der Waals surface area (Å²) >= 11 is 0. The SMILES string of the molecule is COc1ccc(-c2ccc([C@H](N[C@@H](CC(C)C)C(=O)NCC#N)C(F)(F)F)c(OC)c2)cc1. The third-order valence-corrected chi connectivity index (χ3v) is 5.03. The predicted molar refractivity (Wildman–Crippen MR) is 119 cm³/mol. The molecule has 0 saturated heterocycles. The fourth-order valence-corrected chi connectivity index (χ4v) is 3.45. The molecule has 33 heavy (non-hydrogen) atoms. The largest absolute Gasteiger partial charge is 0.497 e. The minimum absolute atomic E-state index is 0.0406. The number of nitriles is 1. The van der Waals surface area contributed by atoms with Gasteiger partial charge in [-0.3, -0.25) is 10.1 Å². The number of hydrogen-bond donors (Lipinski definition) is 2. The molecule has 0 spiro atoms.